The van der Waals surface area contributed by atoms with Crippen LogP contribution in [-0.2, 0) is 23.7 Å². The number of likely N-dealkylation sites (N-methyl/N-ethyl adjacent to an activating group) is 1. The molecule has 1 aliphatic carbocycles. The van der Waals surface area contributed by atoms with E-state index in [4.69, 9.17) is 36.1 Å². The molecule has 0 spiro atoms. The zero-order chi connectivity index (χ0) is 32.1. The van der Waals surface area contributed by atoms with Crippen LogP contribution in [0.25, 0.3) is 0 Å². The minimum atomic E-state index is -1.71. The molecule has 1 unspecified atom stereocenters. The molecule has 16 N–H and O–H groups in total. The van der Waals surface area contributed by atoms with E-state index in [0.29, 0.717) is 19.5 Å². The van der Waals surface area contributed by atoms with Crippen LogP contribution in [0.15, 0.2) is 0 Å². The molecule has 3 rings (SSSR count). The van der Waals surface area contributed by atoms with Gasteiger partial charge in [-0.3, -0.25) is 4.79 Å². The maximum Gasteiger partial charge on any atom is 0.250 e. The molecule has 1 saturated carbocycles. The van der Waals surface area contributed by atoms with Crippen LogP contribution >= 0.6 is 0 Å². The fourth-order valence-electron chi connectivity index (χ4n) is 5.67. The molecule has 0 bridgehead atoms. The highest BCUT2D eigenvalue weighted by Gasteiger charge is 2.53. The highest BCUT2D eigenvalue weighted by Crippen LogP contribution is 2.32. The van der Waals surface area contributed by atoms with Gasteiger partial charge in [0.1, 0.15) is 60.5 Å². The van der Waals surface area contributed by atoms with Crippen molar-refractivity contribution in [3.8, 4) is 0 Å². The Morgan fingerprint density at radius 1 is 1.02 bits per heavy atom. The number of nitrogens with one attached hydrogen (secondary N) is 3. The molecule has 18 heteroatoms. The van der Waals surface area contributed by atoms with Gasteiger partial charge in [-0.2, -0.15) is 0 Å². The molecule has 2 saturated heterocycles. The molecule has 18 nitrogen and oxygen atoms in total. The van der Waals surface area contributed by atoms with E-state index in [1.54, 1.807) is 0 Å². The van der Waals surface area contributed by atoms with Gasteiger partial charge < -0.3 is 87.8 Å². The number of aliphatic hydroxyl groups excluding tert-OH is 6. The fraction of sp³-hybridized carbons (Fsp3) is 0.960. The minimum absolute atomic E-state index is 0.0799. The average molecular weight is 627 g/mol. The zero-order valence-corrected chi connectivity index (χ0v) is 24.4. The maximum absolute atomic E-state index is 12.5. The summed E-state index contributed by atoms with van der Waals surface area (Å²) in [6.07, 6.45) is -15.4. The summed E-state index contributed by atoms with van der Waals surface area (Å²) in [4.78, 5) is 12.5. The van der Waals surface area contributed by atoms with E-state index in [1.165, 1.54) is 14.0 Å². The van der Waals surface area contributed by atoms with E-state index >= 15 is 0 Å². The molecule has 3 fully saturated rings. The summed E-state index contributed by atoms with van der Waals surface area (Å²) in [6, 6.07) is -2.92. The third kappa shape index (κ3) is 8.55. The van der Waals surface area contributed by atoms with Gasteiger partial charge in [0.2, 0.25) is 5.91 Å². The summed E-state index contributed by atoms with van der Waals surface area (Å²) >= 11 is 0. The molecule has 1 amide bonds. The third-order valence-electron chi connectivity index (χ3n) is 8.17. The van der Waals surface area contributed by atoms with Crippen LogP contribution in [0.2, 0.25) is 0 Å². The van der Waals surface area contributed by atoms with Crippen molar-refractivity contribution in [2.24, 2.45) is 17.2 Å². The third-order valence-corrected chi connectivity index (χ3v) is 8.17. The first-order chi connectivity index (χ1) is 20.3. The lowest BCUT2D eigenvalue weighted by molar-refractivity contribution is -0.330. The van der Waals surface area contributed by atoms with E-state index in [0.717, 1.165) is 0 Å². The van der Waals surface area contributed by atoms with Gasteiger partial charge in [0, 0.05) is 19.1 Å². The van der Waals surface area contributed by atoms with Gasteiger partial charge in [-0.25, -0.2) is 0 Å². The first kappa shape index (κ1) is 36.3. The number of carbonyl (C=O) groups is 1. The van der Waals surface area contributed by atoms with Crippen molar-refractivity contribution < 1.29 is 59.5 Å². The number of amides is 1. The number of hydrogen-bond acceptors (Lipinski definition) is 17. The van der Waals surface area contributed by atoms with Crippen molar-refractivity contribution in [3.05, 3.63) is 0 Å². The standard InChI is InChI=1S/C25H50N6O12/c1-25(39)9-40-23(18(37)21(25)29-2)43-20-11(31-22(38)12(32)7-27)6-10(28)19(17(20)36)42-24-16(35)15(34)14(33)13(41-24)8-30-5-3-4-26/h10-21,23-24,29-30,32-37,39H,3-9,26-28H2,1-2H3,(H,31,38)/t10-,11+,12-,13+,14+,15-,16+,17-,18+,19?,20-,21+,23+,24+,25-/m0/s1. The fourth-order valence-corrected chi connectivity index (χ4v) is 5.67. The lowest BCUT2D eigenvalue weighted by Gasteiger charge is -2.49. The van der Waals surface area contributed by atoms with Crippen LogP contribution in [0.4, 0.5) is 0 Å². The molecule has 0 aromatic rings. The summed E-state index contributed by atoms with van der Waals surface area (Å²) in [7, 11) is 1.53. The quantitative estimate of drug-likeness (QED) is 0.0844. The van der Waals surface area contributed by atoms with Crippen molar-refractivity contribution in [1.82, 2.24) is 16.0 Å². The number of ether oxygens (including phenoxy) is 4. The summed E-state index contributed by atoms with van der Waals surface area (Å²) in [6.45, 7) is 1.91. The number of carbonyl (C=O) groups excluding carboxylic acids is 1. The number of rotatable bonds is 13. The van der Waals surface area contributed by atoms with Gasteiger partial charge in [-0.05, 0) is 39.9 Å². The van der Waals surface area contributed by atoms with Crippen LogP contribution in [0.1, 0.15) is 19.8 Å². The summed E-state index contributed by atoms with van der Waals surface area (Å²) in [5.41, 5.74) is 15.8. The van der Waals surface area contributed by atoms with Crippen molar-refractivity contribution in [3.63, 3.8) is 0 Å². The first-order valence-corrected chi connectivity index (χ1v) is 14.5. The Kier molecular flexibility index (Phi) is 13.4. The molecule has 0 radical (unpaired) electrons. The van der Waals surface area contributed by atoms with Crippen LogP contribution in [0, 0.1) is 0 Å². The number of nitrogens with two attached hydrogens (primary N) is 3. The topological polar surface area (TPSA) is 310 Å². The Morgan fingerprint density at radius 2 is 1.70 bits per heavy atom. The Hall–Kier alpha value is -1.17. The van der Waals surface area contributed by atoms with E-state index in [-0.39, 0.29) is 26.1 Å². The van der Waals surface area contributed by atoms with E-state index in [2.05, 4.69) is 16.0 Å². The molecule has 3 aliphatic rings. The average Bonchev–Trinajstić information content (AvgIpc) is 2.96. The van der Waals surface area contributed by atoms with E-state index in [9.17, 15) is 40.5 Å². The molecule has 2 aliphatic heterocycles. The smallest absolute Gasteiger partial charge is 0.250 e. The van der Waals surface area contributed by atoms with Crippen LogP contribution in [0.3, 0.4) is 0 Å². The second-order valence-corrected chi connectivity index (χ2v) is 11.6. The molecule has 0 aromatic carbocycles. The predicted molar refractivity (Wildman–Crippen MR) is 148 cm³/mol. The summed E-state index contributed by atoms with van der Waals surface area (Å²) in [5.74, 6) is -0.853. The Balaban J connectivity index is 1.81. The number of hydrogen-bond donors (Lipinski definition) is 13. The van der Waals surface area contributed by atoms with E-state index < -0.39 is 97.1 Å². The second-order valence-electron chi connectivity index (χ2n) is 11.6. The highest BCUT2D eigenvalue weighted by molar-refractivity contribution is 5.81. The molecule has 43 heavy (non-hydrogen) atoms. The Bertz CT molecular complexity index is 879. The van der Waals surface area contributed by atoms with Gasteiger partial charge in [0.05, 0.1) is 18.7 Å². The minimum Gasteiger partial charge on any atom is -0.388 e. The molecular formula is C25H50N6O12. The molecular weight excluding hydrogens is 576 g/mol. The second kappa shape index (κ2) is 15.9. The monoisotopic (exact) mass is 626 g/mol. The van der Waals surface area contributed by atoms with Gasteiger partial charge in [-0.1, -0.05) is 0 Å². The van der Waals surface area contributed by atoms with Gasteiger partial charge in [0.15, 0.2) is 12.6 Å². The van der Waals surface area contributed by atoms with Crippen molar-refractivity contribution >= 4 is 5.91 Å². The first-order valence-electron chi connectivity index (χ1n) is 14.5. The Labute approximate surface area is 249 Å². The maximum atomic E-state index is 12.5. The normalized spacial score (nSPS) is 44.6. The SMILES string of the molecule is CN[C@@H]1[C@@H](O)[C@@H](O[C@H]2[C@H](NC(=O)[C@@H](O)CN)C[C@H](N)C(O[C@H]3O[C@H](CNCCCN)[C@@H](O)[C@H](O)[C@H]3O)[C@@H]2O)OC[C@]1(C)O. The van der Waals surface area contributed by atoms with E-state index in [1.807, 2.05) is 0 Å². The lowest BCUT2D eigenvalue weighted by Crippen LogP contribution is -2.70. The highest BCUT2D eigenvalue weighted by atomic mass is 16.7. The van der Waals surface area contributed by atoms with Gasteiger partial charge in [-0.15, -0.1) is 0 Å². The van der Waals surface area contributed by atoms with Crippen molar-refractivity contribution in [1.29, 1.82) is 0 Å². The lowest BCUT2D eigenvalue weighted by atomic mass is 9.83. The van der Waals surface area contributed by atoms with Gasteiger partial charge in [0.25, 0.3) is 0 Å². The zero-order valence-electron chi connectivity index (χ0n) is 24.4. The molecule has 15 atom stereocenters. The summed E-state index contributed by atoms with van der Waals surface area (Å²) < 4.78 is 23.2. The molecule has 2 heterocycles. The molecule has 252 valence electrons. The number of aliphatic hydroxyl groups is 7. The predicted octanol–water partition coefficient (Wildman–Crippen LogP) is -7.54. The largest absolute Gasteiger partial charge is 0.388 e. The molecule has 0 aromatic heterocycles. The van der Waals surface area contributed by atoms with Crippen molar-refractivity contribution in [2.75, 3.05) is 39.8 Å². The van der Waals surface area contributed by atoms with Crippen LogP contribution in [-0.4, -0.2) is 173 Å². The van der Waals surface area contributed by atoms with Crippen LogP contribution in [0.5, 0.6) is 0 Å². The van der Waals surface area contributed by atoms with Gasteiger partial charge >= 0.3 is 0 Å². The van der Waals surface area contributed by atoms with Crippen molar-refractivity contribution in [2.45, 2.75) is 111 Å². The Morgan fingerprint density at radius 3 is 2.33 bits per heavy atom. The summed E-state index contributed by atoms with van der Waals surface area (Å²) in [5, 5.41) is 82.8. The van der Waals surface area contributed by atoms with Crippen LogP contribution < -0.4 is 33.2 Å².